The van der Waals surface area contributed by atoms with Crippen molar-refractivity contribution in [1.29, 1.82) is 10.7 Å². The number of nitrogens with zero attached hydrogens (tertiary/aromatic N) is 6. The van der Waals surface area contributed by atoms with Crippen molar-refractivity contribution in [2.45, 2.75) is 13.1 Å². The van der Waals surface area contributed by atoms with Crippen LogP contribution in [0.4, 0.5) is 13.2 Å². The van der Waals surface area contributed by atoms with Crippen LogP contribution in [-0.4, -0.2) is 25.4 Å². The number of halogens is 3. The minimum absolute atomic E-state index is 0.0244. The summed E-state index contributed by atoms with van der Waals surface area (Å²) in [4.78, 5) is 8.77. The fourth-order valence-electron chi connectivity index (χ4n) is 3.04. The van der Waals surface area contributed by atoms with Crippen molar-refractivity contribution in [3.63, 3.8) is 0 Å². The number of nitriles is 1. The molecule has 0 atom stereocenters. The minimum Gasteiger partial charge on any atom is -0.281 e. The molecule has 0 unspecified atom stereocenters. The van der Waals surface area contributed by atoms with Crippen molar-refractivity contribution in [2.24, 2.45) is 5.10 Å². The van der Waals surface area contributed by atoms with Gasteiger partial charge in [-0.1, -0.05) is 12.1 Å². The summed E-state index contributed by atoms with van der Waals surface area (Å²) in [6.07, 6.45) is -1.72. The van der Waals surface area contributed by atoms with E-state index in [1.807, 2.05) is 0 Å². The zero-order valence-corrected chi connectivity index (χ0v) is 16.1. The van der Waals surface area contributed by atoms with Gasteiger partial charge in [0.25, 0.3) is 0 Å². The molecule has 154 valence electrons. The Morgan fingerprint density at radius 3 is 2.39 bits per heavy atom. The smallest absolute Gasteiger partial charge is 0.281 e. The molecule has 0 amide bonds. The summed E-state index contributed by atoms with van der Waals surface area (Å²) in [7, 11) is 0. The number of hydrogen-bond donors (Lipinski definition) is 1. The lowest BCUT2D eigenvalue weighted by Gasteiger charge is -2.07. The molecule has 0 bridgehead atoms. The largest absolute Gasteiger partial charge is 0.416 e. The Balaban J connectivity index is 1.69. The topological polar surface area (TPSA) is 95.6 Å². The van der Waals surface area contributed by atoms with E-state index in [0.29, 0.717) is 28.1 Å². The summed E-state index contributed by atoms with van der Waals surface area (Å²) in [5.41, 5.74) is 1.71. The molecule has 0 radical (unpaired) electrons. The molecule has 1 N–H and O–H groups in total. The third-order valence-electron chi connectivity index (χ3n) is 4.59. The highest BCUT2D eigenvalue weighted by atomic mass is 19.4. The quantitative estimate of drug-likeness (QED) is 0.510. The van der Waals surface area contributed by atoms with Crippen molar-refractivity contribution in [3.8, 4) is 11.8 Å². The molecule has 0 aliphatic carbocycles. The van der Waals surface area contributed by atoms with Crippen LogP contribution in [0.15, 0.2) is 60.0 Å². The summed E-state index contributed by atoms with van der Waals surface area (Å²) in [5.74, 6) is 0.602. The monoisotopic (exact) mass is 421 g/mol. The number of imidazole rings is 1. The van der Waals surface area contributed by atoms with E-state index in [2.05, 4.69) is 21.1 Å². The first-order valence-electron chi connectivity index (χ1n) is 9.01. The van der Waals surface area contributed by atoms with Gasteiger partial charge in [0, 0.05) is 5.69 Å². The van der Waals surface area contributed by atoms with Gasteiger partial charge in [-0.25, -0.2) is 14.6 Å². The molecule has 7 nitrogen and oxygen atoms in total. The summed E-state index contributed by atoms with van der Waals surface area (Å²) in [5, 5.41) is 21.5. The number of nitrogens with one attached hydrogen (secondary N) is 1. The molecule has 0 saturated carbocycles. The molecule has 10 heteroatoms. The number of benzene rings is 2. The number of fused-ring (bicyclic) bond motifs is 1. The highest BCUT2D eigenvalue weighted by Crippen LogP contribution is 2.28. The van der Waals surface area contributed by atoms with Gasteiger partial charge in [-0.3, -0.25) is 9.98 Å². The average molecular weight is 421 g/mol. The molecule has 4 aromatic rings. The summed E-state index contributed by atoms with van der Waals surface area (Å²) in [6, 6.07) is 13.5. The molecule has 4 rings (SSSR count). The van der Waals surface area contributed by atoms with E-state index in [-0.39, 0.29) is 5.49 Å². The van der Waals surface area contributed by atoms with Gasteiger partial charge in [0.2, 0.25) is 0 Å². The van der Waals surface area contributed by atoms with Crippen molar-refractivity contribution < 1.29 is 13.2 Å². The van der Waals surface area contributed by atoms with E-state index >= 15 is 0 Å². The number of aryl methyl sites for hydroxylation is 1. The highest BCUT2D eigenvalue weighted by Gasteiger charge is 2.29. The Kier molecular flexibility index (Phi) is 4.87. The lowest BCUT2D eigenvalue weighted by Crippen LogP contribution is -2.18. The van der Waals surface area contributed by atoms with E-state index in [9.17, 15) is 13.2 Å². The number of alkyl halides is 3. The second-order valence-electron chi connectivity index (χ2n) is 6.63. The van der Waals surface area contributed by atoms with Crippen molar-refractivity contribution in [1.82, 2.24) is 19.2 Å². The Bertz CT molecular complexity index is 1390. The Morgan fingerprint density at radius 2 is 1.77 bits per heavy atom. The van der Waals surface area contributed by atoms with Gasteiger partial charge in [-0.15, -0.1) is 0 Å². The molecular weight excluding hydrogens is 407 g/mol. The summed E-state index contributed by atoms with van der Waals surface area (Å²) < 4.78 is 41.0. The number of hydrogen-bond acceptors (Lipinski definition) is 5. The van der Waals surface area contributed by atoms with E-state index in [1.54, 1.807) is 35.8 Å². The SMILES string of the molecule is Cc1nc2c(=N)n(N=Cc3ccc(C(F)(F)F)cc3)cnc2n1-c1ccc(C#N)cc1. The van der Waals surface area contributed by atoms with Crippen LogP contribution in [-0.2, 0) is 6.18 Å². The predicted octanol–water partition coefficient (Wildman–Crippen LogP) is 3.78. The molecule has 0 spiro atoms. The molecular formula is C21H14F3N7. The zero-order chi connectivity index (χ0) is 22.2. The van der Waals surface area contributed by atoms with E-state index in [4.69, 9.17) is 10.7 Å². The fourth-order valence-corrected chi connectivity index (χ4v) is 3.04. The Labute approximate surface area is 173 Å². The third-order valence-corrected chi connectivity index (χ3v) is 4.59. The fraction of sp³-hybridized carbons (Fsp3) is 0.0952. The van der Waals surface area contributed by atoms with Crippen LogP contribution in [0.3, 0.4) is 0 Å². The normalized spacial score (nSPS) is 11.8. The molecule has 0 fully saturated rings. The van der Waals surface area contributed by atoms with Gasteiger partial charge >= 0.3 is 6.18 Å². The van der Waals surface area contributed by atoms with Crippen LogP contribution in [0.1, 0.15) is 22.5 Å². The van der Waals surface area contributed by atoms with E-state index < -0.39 is 11.7 Å². The first kappa shape index (κ1) is 20.0. The van der Waals surface area contributed by atoms with Gasteiger partial charge in [0.15, 0.2) is 16.7 Å². The summed E-state index contributed by atoms with van der Waals surface area (Å²) in [6.45, 7) is 1.77. The lowest BCUT2D eigenvalue weighted by molar-refractivity contribution is -0.137. The van der Waals surface area contributed by atoms with Crippen LogP contribution in [0, 0.1) is 23.7 Å². The average Bonchev–Trinajstić information content (AvgIpc) is 3.10. The first-order chi connectivity index (χ1) is 14.8. The lowest BCUT2D eigenvalue weighted by atomic mass is 10.1. The van der Waals surface area contributed by atoms with E-state index in [1.165, 1.54) is 29.4 Å². The van der Waals surface area contributed by atoms with Gasteiger partial charge in [0.1, 0.15) is 12.2 Å². The van der Waals surface area contributed by atoms with Gasteiger partial charge in [-0.05, 0) is 48.9 Å². The van der Waals surface area contributed by atoms with Gasteiger partial charge in [0.05, 0.1) is 23.4 Å². The van der Waals surface area contributed by atoms with Crippen LogP contribution in [0.25, 0.3) is 16.9 Å². The number of rotatable bonds is 3. The molecule has 31 heavy (non-hydrogen) atoms. The van der Waals surface area contributed by atoms with Crippen LogP contribution in [0.5, 0.6) is 0 Å². The third kappa shape index (κ3) is 3.81. The second kappa shape index (κ2) is 7.53. The molecule has 2 aromatic carbocycles. The second-order valence-corrected chi connectivity index (χ2v) is 6.63. The standard InChI is InChI=1S/C21H14F3N7/c1-13-29-18-19(26)30(28-11-15-2-6-16(7-3-15)21(22,23)24)12-27-20(18)31(13)17-8-4-14(10-25)5-9-17/h2-9,11-12,26H,1H3. The molecule has 0 aliphatic rings. The van der Waals surface area contributed by atoms with Crippen LogP contribution in [0.2, 0.25) is 0 Å². The Hall–Kier alpha value is -4.26. The first-order valence-corrected chi connectivity index (χ1v) is 9.01. The van der Waals surface area contributed by atoms with Crippen molar-refractivity contribution in [3.05, 3.63) is 82.9 Å². The van der Waals surface area contributed by atoms with Crippen molar-refractivity contribution in [2.75, 3.05) is 0 Å². The summed E-state index contributed by atoms with van der Waals surface area (Å²) >= 11 is 0. The maximum absolute atomic E-state index is 12.7. The molecule has 0 saturated heterocycles. The predicted molar refractivity (Wildman–Crippen MR) is 107 cm³/mol. The molecule has 2 heterocycles. The highest BCUT2D eigenvalue weighted by molar-refractivity contribution is 5.79. The maximum atomic E-state index is 12.7. The van der Waals surface area contributed by atoms with Gasteiger partial charge in [-0.2, -0.15) is 23.5 Å². The number of aromatic nitrogens is 4. The van der Waals surface area contributed by atoms with Crippen LogP contribution < -0.4 is 5.49 Å². The molecule has 0 aliphatic heterocycles. The zero-order valence-electron chi connectivity index (χ0n) is 16.1. The van der Waals surface area contributed by atoms with Crippen molar-refractivity contribution >= 4 is 17.4 Å². The van der Waals surface area contributed by atoms with Gasteiger partial charge < -0.3 is 0 Å². The Morgan fingerprint density at radius 1 is 1.10 bits per heavy atom. The maximum Gasteiger partial charge on any atom is 0.416 e. The van der Waals surface area contributed by atoms with E-state index in [0.717, 1.165) is 17.8 Å². The minimum atomic E-state index is -4.40. The molecule has 2 aromatic heterocycles. The van der Waals surface area contributed by atoms with Crippen LogP contribution >= 0.6 is 0 Å².